The Labute approximate surface area is 158 Å². The van der Waals surface area contributed by atoms with Gasteiger partial charge in [-0.2, -0.15) is 0 Å². The zero-order valence-corrected chi connectivity index (χ0v) is 17.2. The normalized spacial score (nSPS) is 27.4. The van der Waals surface area contributed by atoms with Crippen molar-refractivity contribution in [2.24, 2.45) is 5.41 Å². The van der Waals surface area contributed by atoms with Crippen molar-refractivity contribution in [2.75, 3.05) is 0 Å². The van der Waals surface area contributed by atoms with E-state index in [1.807, 2.05) is 30.3 Å². The summed E-state index contributed by atoms with van der Waals surface area (Å²) in [5.41, 5.74) is 7.02. The lowest BCUT2D eigenvalue weighted by molar-refractivity contribution is -0.112. The fraction of sp³-hybridized carbons (Fsp3) is 0.435. The highest BCUT2D eigenvalue weighted by atomic mass is 28.3. The van der Waals surface area contributed by atoms with E-state index in [4.69, 9.17) is 0 Å². The van der Waals surface area contributed by atoms with Gasteiger partial charge in [0, 0.05) is 16.6 Å². The molecule has 0 spiro atoms. The summed E-state index contributed by atoms with van der Waals surface area (Å²) in [5, 5.41) is 10.5. The Morgan fingerprint density at radius 3 is 2.58 bits per heavy atom. The first kappa shape index (κ1) is 18.9. The van der Waals surface area contributed by atoms with Crippen LogP contribution in [0.4, 0.5) is 0 Å². The van der Waals surface area contributed by atoms with E-state index in [9.17, 15) is 9.90 Å². The molecule has 3 rings (SSSR count). The number of hydrogen-bond donors (Lipinski definition) is 1. The number of allylic oxidation sites excluding steroid dienone is 2. The number of fused-ring (bicyclic) bond motifs is 1. The molecule has 0 bridgehead atoms. The summed E-state index contributed by atoms with van der Waals surface area (Å²) in [6, 6.07) is 8.08. The summed E-state index contributed by atoms with van der Waals surface area (Å²) in [6.07, 6.45) is 6.71. The van der Waals surface area contributed by atoms with E-state index in [1.54, 1.807) is 6.08 Å². The number of aliphatic hydroxyl groups excluding tert-OH is 1. The third kappa shape index (κ3) is 4.08. The zero-order chi connectivity index (χ0) is 18.9. The van der Waals surface area contributed by atoms with Crippen molar-refractivity contribution in [3.63, 3.8) is 0 Å². The largest absolute Gasteiger partial charge is 0.392 e. The maximum Gasteiger partial charge on any atom is 0.181 e. The molecule has 1 N–H and O–H groups in total. The summed E-state index contributed by atoms with van der Waals surface area (Å²) >= 11 is 0. The van der Waals surface area contributed by atoms with Crippen LogP contribution in [0.15, 0.2) is 41.5 Å². The average Bonchev–Trinajstić information content (AvgIpc) is 2.56. The van der Waals surface area contributed by atoms with Crippen LogP contribution in [0.5, 0.6) is 0 Å². The molecular weight excluding hydrogens is 336 g/mol. The minimum Gasteiger partial charge on any atom is -0.392 e. The SMILES string of the molecule is C[C@]12C/C(=C\c3ccc(C#C[Si](C)(C)C)cc3)C(=O)C=C1CCC[C@@H]2O. The number of benzene rings is 1. The maximum atomic E-state index is 12.5. The monoisotopic (exact) mass is 364 g/mol. The van der Waals surface area contributed by atoms with Crippen molar-refractivity contribution in [1.29, 1.82) is 0 Å². The van der Waals surface area contributed by atoms with Gasteiger partial charge in [0.2, 0.25) is 0 Å². The zero-order valence-electron chi connectivity index (χ0n) is 16.2. The van der Waals surface area contributed by atoms with Gasteiger partial charge >= 0.3 is 0 Å². The molecule has 1 aromatic carbocycles. The molecule has 0 amide bonds. The van der Waals surface area contributed by atoms with E-state index in [0.717, 1.165) is 41.5 Å². The second-order valence-corrected chi connectivity index (χ2v) is 13.6. The molecular formula is C23H28O2Si. The van der Waals surface area contributed by atoms with E-state index < -0.39 is 8.07 Å². The van der Waals surface area contributed by atoms with Crippen molar-refractivity contribution in [1.82, 2.24) is 0 Å². The lowest BCUT2D eigenvalue weighted by Crippen LogP contribution is -2.40. The molecule has 0 aliphatic heterocycles. The predicted octanol–water partition coefficient (Wildman–Crippen LogP) is 4.75. The van der Waals surface area contributed by atoms with Gasteiger partial charge in [0.25, 0.3) is 0 Å². The third-order valence-electron chi connectivity index (χ3n) is 5.41. The van der Waals surface area contributed by atoms with Crippen LogP contribution in [-0.4, -0.2) is 25.1 Å². The van der Waals surface area contributed by atoms with Gasteiger partial charge in [-0.3, -0.25) is 4.79 Å². The standard InChI is InChI=1S/C23H28O2Si/c1-23-16-19(21(24)15-20(23)6-5-7-22(23)25)14-18-10-8-17(9-11-18)12-13-26(2,3)4/h8-11,14-15,22,25H,5-7,16H2,1-4H3/b19-14+/t22-,23-/m0/s1. The topological polar surface area (TPSA) is 37.3 Å². The summed E-state index contributed by atoms with van der Waals surface area (Å²) in [6.45, 7) is 8.79. The lowest BCUT2D eigenvalue weighted by atomic mass is 9.63. The Kier molecular flexibility index (Phi) is 5.10. The average molecular weight is 365 g/mol. The highest BCUT2D eigenvalue weighted by molar-refractivity contribution is 6.83. The maximum absolute atomic E-state index is 12.5. The fourth-order valence-corrected chi connectivity index (χ4v) is 4.27. The summed E-state index contributed by atoms with van der Waals surface area (Å²) < 4.78 is 0. The molecule has 0 aromatic heterocycles. The van der Waals surface area contributed by atoms with Crippen LogP contribution in [-0.2, 0) is 4.79 Å². The number of carbonyl (C=O) groups excluding carboxylic acids is 1. The van der Waals surface area contributed by atoms with Crippen molar-refractivity contribution in [3.8, 4) is 11.5 Å². The highest BCUT2D eigenvalue weighted by Crippen LogP contribution is 2.48. The van der Waals surface area contributed by atoms with E-state index >= 15 is 0 Å². The second kappa shape index (κ2) is 7.02. The van der Waals surface area contributed by atoms with Crippen LogP contribution in [0.2, 0.25) is 19.6 Å². The molecule has 2 aliphatic rings. The summed E-state index contributed by atoms with van der Waals surface area (Å²) in [7, 11) is -1.38. The number of hydrogen-bond acceptors (Lipinski definition) is 2. The van der Waals surface area contributed by atoms with Crippen LogP contribution in [0.3, 0.4) is 0 Å². The van der Waals surface area contributed by atoms with Gasteiger partial charge in [0.1, 0.15) is 8.07 Å². The quantitative estimate of drug-likeness (QED) is 0.444. The van der Waals surface area contributed by atoms with E-state index in [-0.39, 0.29) is 17.3 Å². The van der Waals surface area contributed by atoms with Gasteiger partial charge in [-0.25, -0.2) is 0 Å². The van der Waals surface area contributed by atoms with E-state index in [0.29, 0.717) is 6.42 Å². The molecule has 2 atom stereocenters. The molecule has 3 heteroatoms. The van der Waals surface area contributed by atoms with Crippen LogP contribution in [0.25, 0.3) is 6.08 Å². The molecule has 0 unspecified atom stereocenters. The first-order valence-corrected chi connectivity index (χ1v) is 12.9. The number of rotatable bonds is 1. The Morgan fingerprint density at radius 2 is 1.92 bits per heavy atom. The molecule has 0 radical (unpaired) electrons. The Hall–Kier alpha value is -1.89. The smallest absolute Gasteiger partial charge is 0.181 e. The van der Waals surface area contributed by atoms with Crippen LogP contribution >= 0.6 is 0 Å². The molecule has 26 heavy (non-hydrogen) atoms. The van der Waals surface area contributed by atoms with E-state index in [2.05, 4.69) is 38.0 Å². The van der Waals surface area contributed by atoms with Crippen LogP contribution < -0.4 is 0 Å². The summed E-state index contributed by atoms with van der Waals surface area (Å²) in [5.74, 6) is 3.35. The van der Waals surface area contributed by atoms with Gasteiger partial charge in [0.15, 0.2) is 5.78 Å². The first-order chi connectivity index (χ1) is 12.2. The molecule has 1 saturated carbocycles. The van der Waals surface area contributed by atoms with Crippen molar-refractivity contribution in [3.05, 3.63) is 52.6 Å². The second-order valence-electron chi connectivity index (χ2n) is 8.83. The van der Waals surface area contributed by atoms with Crippen molar-refractivity contribution >= 4 is 19.9 Å². The van der Waals surface area contributed by atoms with Gasteiger partial charge in [-0.15, -0.1) is 5.54 Å². The molecule has 1 aromatic rings. The fourth-order valence-electron chi connectivity index (χ4n) is 3.75. The minimum atomic E-state index is -1.38. The van der Waals surface area contributed by atoms with Crippen molar-refractivity contribution < 1.29 is 9.90 Å². The molecule has 136 valence electrons. The Balaban J connectivity index is 1.85. The lowest BCUT2D eigenvalue weighted by Gasteiger charge is -2.43. The minimum absolute atomic E-state index is 0.0918. The van der Waals surface area contributed by atoms with Gasteiger partial charge in [-0.1, -0.05) is 50.2 Å². The first-order valence-electron chi connectivity index (χ1n) is 9.45. The molecule has 2 nitrogen and oxygen atoms in total. The Morgan fingerprint density at radius 1 is 1.23 bits per heavy atom. The molecule has 0 saturated heterocycles. The number of carbonyl (C=O) groups is 1. The van der Waals surface area contributed by atoms with Crippen molar-refractivity contribution in [2.45, 2.75) is 58.4 Å². The predicted molar refractivity (Wildman–Crippen MR) is 110 cm³/mol. The summed E-state index contributed by atoms with van der Waals surface area (Å²) in [4.78, 5) is 12.5. The van der Waals surface area contributed by atoms with Gasteiger partial charge < -0.3 is 5.11 Å². The van der Waals surface area contributed by atoms with Gasteiger partial charge in [0.05, 0.1) is 6.10 Å². The van der Waals surface area contributed by atoms with Crippen LogP contribution in [0, 0.1) is 16.9 Å². The van der Waals surface area contributed by atoms with E-state index in [1.165, 1.54) is 0 Å². The number of aliphatic hydroxyl groups is 1. The highest BCUT2D eigenvalue weighted by Gasteiger charge is 2.43. The third-order valence-corrected chi connectivity index (χ3v) is 6.28. The Bertz CT molecular complexity index is 828. The molecule has 1 fully saturated rings. The molecule has 2 aliphatic carbocycles. The van der Waals surface area contributed by atoms with Crippen LogP contribution in [0.1, 0.15) is 43.7 Å². The van der Waals surface area contributed by atoms with Gasteiger partial charge in [-0.05, 0) is 55.5 Å². The number of ketones is 1. The molecule has 0 heterocycles.